The molecule has 7 heteroatoms. The lowest BCUT2D eigenvalue weighted by atomic mass is 9.75. The van der Waals surface area contributed by atoms with E-state index in [9.17, 15) is 26.3 Å². The number of hydrogen-bond acceptors (Lipinski definition) is 1. The maximum atomic E-state index is 14.3. The number of ether oxygens (including phenoxy) is 1. The molecule has 0 radical (unpaired) electrons. The van der Waals surface area contributed by atoms with E-state index in [4.69, 9.17) is 4.74 Å². The van der Waals surface area contributed by atoms with Gasteiger partial charge in [0.1, 0.15) is 17.5 Å². The summed E-state index contributed by atoms with van der Waals surface area (Å²) >= 11 is 0. The molecule has 2 atom stereocenters. The van der Waals surface area contributed by atoms with Gasteiger partial charge in [0.2, 0.25) is 0 Å². The third-order valence-corrected chi connectivity index (χ3v) is 6.47. The minimum atomic E-state index is -4.99. The maximum Gasteiger partial charge on any atom is 0.412 e. The lowest BCUT2D eigenvalue weighted by Crippen LogP contribution is -2.34. The molecule has 1 saturated carbocycles. The zero-order valence-corrected chi connectivity index (χ0v) is 17.1. The zero-order chi connectivity index (χ0) is 21.9. The molecule has 2 fully saturated rings. The fraction of sp³-hybridized carbons (Fsp3) is 0.652. The van der Waals surface area contributed by atoms with E-state index in [-0.39, 0.29) is 12.0 Å². The largest absolute Gasteiger partial charge is 0.412 e. The highest BCUT2D eigenvalue weighted by atomic mass is 19.4. The van der Waals surface area contributed by atoms with E-state index in [2.05, 4.69) is 6.92 Å². The minimum absolute atomic E-state index is 0.0922. The summed E-state index contributed by atoms with van der Waals surface area (Å²) in [6.45, 7) is 2.97. The number of halogens is 6. The molecular weight excluding hydrogens is 406 g/mol. The van der Waals surface area contributed by atoms with Gasteiger partial charge in [-0.1, -0.05) is 13.3 Å². The predicted molar refractivity (Wildman–Crippen MR) is 104 cm³/mol. The molecule has 0 bridgehead atoms. The van der Waals surface area contributed by atoms with Crippen LogP contribution in [0.3, 0.4) is 0 Å². The summed E-state index contributed by atoms with van der Waals surface area (Å²) in [6.07, 6.45) is 2.28. The van der Waals surface area contributed by atoms with Crippen molar-refractivity contribution in [1.29, 1.82) is 0 Å². The van der Waals surface area contributed by atoms with Crippen LogP contribution in [0.1, 0.15) is 75.3 Å². The molecule has 0 spiro atoms. The Balaban J connectivity index is 1.62. The lowest BCUT2D eigenvalue weighted by molar-refractivity contribution is -0.0798. The van der Waals surface area contributed by atoms with Crippen molar-refractivity contribution in [3.8, 4) is 0 Å². The third kappa shape index (κ3) is 5.80. The van der Waals surface area contributed by atoms with Gasteiger partial charge < -0.3 is 4.74 Å². The first-order chi connectivity index (χ1) is 14.2. The smallest absolute Gasteiger partial charge is 0.378 e. The summed E-state index contributed by atoms with van der Waals surface area (Å²) in [5.41, 5.74) is -0.887. The average molecular weight is 434 g/mol. The maximum absolute atomic E-state index is 14.3. The van der Waals surface area contributed by atoms with E-state index in [1.807, 2.05) is 0 Å². The molecule has 3 rings (SSSR count). The van der Waals surface area contributed by atoms with Gasteiger partial charge >= 0.3 is 6.18 Å². The van der Waals surface area contributed by atoms with Crippen molar-refractivity contribution in [2.75, 3.05) is 6.61 Å². The van der Waals surface area contributed by atoms with Crippen LogP contribution in [0.2, 0.25) is 0 Å². The van der Waals surface area contributed by atoms with E-state index in [1.165, 1.54) is 12.8 Å². The summed E-state index contributed by atoms with van der Waals surface area (Å²) in [6, 6.07) is 1.94. The molecule has 0 amide bonds. The zero-order valence-electron chi connectivity index (χ0n) is 17.1. The van der Waals surface area contributed by atoms with E-state index in [0.717, 1.165) is 57.3 Å². The molecule has 1 heterocycles. The molecule has 1 aliphatic carbocycles. The SMILES string of the molecule is CCCC1CCC(C2CCC(c3cc(F)c(C(F)=CC(F)(F)F)c(F)c3)CC2)OC1. The van der Waals surface area contributed by atoms with Gasteiger partial charge in [-0.3, -0.25) is 0 Å². The van der Waals surface area contributed by atoms with Crippen LogP contribution in [0, 0.1) is 23.5 Å². The van der Waals surface area contributed by atoms with Gasteiger partial charge in [0.15, 0.2) is 0 Å². The Hall–Kier alpha value is -1.50. The molecule has 2 unspecified atom stereocenters. The van der Waals surface area contributed by atoms with Crippen molar-refractivity contribution < 1.29 is 31.1 Å². The van der Waals surface area contributed by atoms with Crippen LogP contribution in [0.5, 0.6) is 0 Å². The summed E-state index contributed by atoms with van der Waals surface area (Å²) in [5.74, 6) is -3.59. The number of allylic oxidation sites excluding steroid dienone is 1. The fourth-order valence-corrected chi connectivity index (χ4v) is 4.93. The molecule has 1 aliphatic heterocycles. The van der Waals surface area contributed by atoms with Crippen molar-refractivity contribution in [2.24, 2.45) is 11.8 Å². The first-order valence-corrected chi connectivity index (χ1v) is 10.7. The van der Waals surface area contributed by atoms with E-state index < -0.39 is 35.3 Å². The van der Waals surface area contributed by atoms with Gasteiger partial charge in [0, 0.05) is 6.61 Å². The highest BCUT2D eigenvalue weighted by Gasteiger charge is 2.33. The van der Waals surface area contributed by atoms with Crippen LogP contribution in [-0.4, -0.2) is 18.9 Å². The number of benzene rings is 1. The predicted octanol–water partition coefficient (Wildman–Crippen LogP) is 7.71. The lowest BCUT2D eigenvalue weighted by Gasteiger charge is -2.38. The number of hydrogen-bond donors (Lipinski definition) is 0. The average Bonchev–Trinajstić information content (AvgIpc) is 2.67. The number of rotatable bonds is 5. The van der Waals surface area contributed by atoms with Crippen molar-refractivity contribution in [1.82, 2.24) is 0 Å². The Morgan fingerprint density at radius 2 is 1.67 bits per heavy atom. The molecule has 1 aromatic rings. The Morgan fingerprint density at radius 3 is 2.17 bits per heavy atom. The second-order valence-corrected chi connectivity index (χ2v) is 8.61. The highest BCUT2D eigenvalue weighted by Crippen LogP contribution is 2.41. The quantitative estimate of drug-likeness (QED) is 0.431. The first-order valence-electron chi connectivity index (χ1n) is 10.7. The van der Waals surface area contributed by atoms with Crippen LogP contribution >= 0.6 is 0 Å². The molecule has 0 N–H and O–H groups in total. The Bertz CT molecular complexity index is 718. The first kappa shape index (κ1) is 23.2. The Labute approximate surface area is 173 Å². The van der Waals surface area contributed by atoms with Gasteiger partial charge in [0.05, 0.1) is 17.7 Å². The van der Waals surface area contributed by atoms with Gasteiger partial charge in [0.25, 0.3) is 0 Å². The molecule has 30 heavy (non-hydrogen) atoms. The van der Waals surface area contributed by atoms with Gasteiger partial charge in [-0.15, -0.1) is 0 Å². The van der Waals surface area contributed by atoms with Crippen LogP contribution < -0.4 is 0 Å². The highest BCUT2D eigenvalue weighted by molar-refractivity contribution is 5.61. The van der Waals surface area contributed by atoms with E-state index >= 15 is 0 Å². The second kappa shape index (κ2) is 9.75. The topological polar surface area (TPSA) is 9.23 Å². The fourth-order valence-electron chi connectivity index (χ4n) is 4.93. The molecule has 1 saturated heterocycles. The third-order valence-electron chi connectivity index (χ3n) is 6.47. The van der Waals surface area contributed by atoms with Gasteiger partial charge in [-0.05, 0) is 80.4 Å². The molecule has 1 aromatic carbocycles. The van der Waals surface area contributed by atoms with Gasteiger partial charge in [-0.2, -0.15) is 13.2 Å². The van der Waals surface area contributed by atoms with Crippen LogP contribution in [0.15, 0.2) is 18.2 Å². The second-order valence-electron chi connectivity index (χ2n) is 8.61. The van der Waals surface area contributed by atoms with Crippen molar-refractivity contribution in [2.45, 2.75) is 76.5 Å². The monoisotopic (exact) mass is 434 g/mol. The summed E-state index contributed by atoms with van der Waals surface area (Å²) in [5, 5.41) is 0. The van der Waals surface area contributed by atoms with Crippen LogP contribution in [0.25, 0.3) is 5.83 Å². The number of alkyl halides is 3. The molecular formula is C23H28F6O. The molecule has 2 aliphatic rings. The van der Waals surface area contributed by atoms with Crippen LogP contribution in [0.4, 0.5) is 26.3 Å². The van der Waals surface area contributed by atoms with Crippen molar-refractivity contribution in [3.63, 3.8) is 0 Å². The normalized spacial score (nSPS) is 28.6. The van der Waals surface area contributed by atoms with E-state index in [0.29, 0.717) is 17.4 Å². The van der Waals surface area contributed by atoms with Crippen molar-refractivity contribution in [3.05, 3.63) is 41.0 Å². The van der Waals surface area contributed by atoms with Gasteiger partial charge in [-0.25, -0.2) is 13.2 Å². The summed E-state index contributed by atoms with van der Waals surface area (Å²) < 4.78 is 85.2. The Morgan fingerprint density at radius 1 is 1.03 bits per heavy atom. The summed E-state index contributed by atoms with van der Waals surface area (Å²) in [4.78, 5) is 0. The van der Waals surface area contributed by atoms with Crippen LogP contribution in [-0.2, 0) is 4.74 Å². The van der Waals surface area contributed by atoms with Crippen molar-refractivity contribution >= 4 is 5.83 Å². The standard InChI is InChI=1S/C23H28F6O/c1-2-3-14-4-9-21(30-13-14)16-7-5-15(6-8-16)17-10-18(24)22(19(25)11-17)20(26)12-23(27,28)29/h10-12,14-16,21H,2-9,13H2,1H3. The molecule has 0 aromatic heterocycles. The summed E-state index contributed by atoms with van der Waals surface area (Å²) in [7, 11) is 0. The van der Waals surface area contributed by atoms with E-state index in [1.54, 1.807) is 0 Å². The Kier molecular flexibility index (Phi) is 7.53. The molecule has 1 nitrogen and oxygen atoms in total. The molecule has 168 valence electrons. The minimum Gasteiger partial charge on any atom is -0.378 e.